The first-order valence-electron chi connectivity index (χ1n) is 2.17. The van der Waals surface area contributed by atoms with Crippen LogP contribution in [0, 0.1) is 0 Å². The van der Waals surface area contributed by atoms with Gasteiger partial charge >= 0.3 is 0 Å². The van der Waals surface area contributed by atoms with Crippen LogP contribution in [0.1, 0.15) is 0 Å². The first kappa shape index (κ1) is 5.60. The van der Waals surface area contributed by atoms with E-state index >= 15 is 0 Å². The Morgan fingerprint density at radius 1 is 1.38 bits per heavy atom. The van der Waals surface area contributed by atoms with Gasteiger partial charge in [-0.05, 0) is 6.07 Å². The van der Waals surface area contributed by atoms with Gasteiger partial charge in [0.25, 0.3) is 0 Å². The Bertz CT molecular complexity index is 153. The van der Waals surface area contributed by atoms with E-state index in [1.165, 1.54) is 0 Å². The molecule has 0 aliphatic rings. The van der Waals surface area contributed by atoms with Gasteiger partial charge in [-0.15, -0.1) is 0 Å². The van der Waals surface area contributed by atoms with Gasteiger partial charge in [-0.1, -0.05) is 0 Å². The van der Waals surface area contributed by atoms with Crippen molar-refractivity contribution in [3.63, 3.8) is 0 Å². The highest BCUT2D eigenvalue weighted by Crippen LogP contribution is 1.87. The molecule has 8 heavy (non-hydrogen) atoms. The molecule has 0 aliphatic heterocycles. The van der Waals surface area contributed by atoms with Gasteiger partial charge in [0.1, 0.15) is 0 Å². The van der Waals surface area contributed by atoms with Crippen LogP contribution in [0.5, 0.6) is 0 Å². The third-order valence-electron chi connectivity index (χ3n) is 0.695. The Kier molecular flexibility index (Phi) is 1.89. The number of hydrogen-bond acceptors (Lipinski definition) is 3. The minimum Gasteiger partial charge on any atom is -0.306 e. The number of nitrogens with zero attached hydrogens (tertiary/aromatic N) is 2. The van der Waals surface area contributed by atoms with E-state index in [2.05, 4.69) is 9.97 Å². The molecule has 1 aromatic rings. The fourth-order valence-electron chi connectivity index (χ4n) is 0.374. The lowest BCUT2D eigenvalue weighted by atomic mass is 10.7. The van der Waals surface area contributed by atoms with Crippen molar-refractivity contribution < 1.29 is 0 Å². The molecule has 1 rings (SSSR count). The van der Waals surface area contributed by atoms with Crippen LogP contribution < -0.4 is 11.1 Å². The normalized spacial score (nSPS) is 10.6. The Balaban J connectivity index is 2.83. The topological polar surface area (TPSA) is 51.8 Å². The minimum atomic E-state index is 0.208. The lowest BCUT2D eigenvalue weighted by Crippen LogP contribution is -2.06. The summed E-state index contributed by atoms with van der Waals surface area (Å²) in [5.41, 5.74) is 5.97. The highest BCUT2D eigenvalue weighted by Gasteiger charge is 1.83. The molecule has 1 heterocycles. The molecule has 0 saturated carbocycles. The van der Waals surface area contributed by atoms with Crippen LogP contribution in [0.25, 0.3) is 0 Å². The summed E-state index contributed by atoms with van der Waals surface area (Å²) in [5, 5.41) is 0. The molecule has 42 valence electrons. The molecule has 1 unspecified atom stereocenters. The van der Waals surface area contributed by atoms with Crippen molar-refractivity contribution in [3.05, 3.63) is 18.5 Å². The first-order valence-corrected chi connectivity index (χ1v) is 3.25. The summed E-state index contributed by atoms with van der Waals surface area (Å²) in [7, 11) is 0.208. The van der Waals surface area contributed by atoms with Crippen LogP contribution in [-0.2, 0) is 0 Å². The third kappa shape index (κ3) is 1.22. The third-order valence-corrected chi connectivity index (χ3v) is 1.21. The minimum absolute atomic E-state index is 0.208. The Morgan fingerprint density at radius 2 is 2.00 bits per heavy atom. The summed E-state index contributed by atoms with van der Waals surface area (Å²) in [6, 6.07) is 1.77. The van der Waals surface area contributed by atoms with Crippen LogP contribution in [0.15, 0.2) is 18.5 Å². The first-order chi connectivity index (χ1) is 3.93. The standard InChI is InChI=1S/C4H6N3P/c5-8-4-6-2-1-3-7-4/h1-3,8H,5H2. The molecule has 1 atom stereocenters. The van der Waals surface area contributed by atoms with Crippen molar-refractivity contribution in [2.45, 2.75) is 0 Å². The summed E-state index contributed by atoms with van der Waals surface area (Å²) < 4.78 is 0. The summed E-state index contributed by atoms with van der Waals surface area (Å²) in [6.07, 6.45) is 3.37. The number of aromatic nitrogens is 2. The van der Waals surface area contributed by atoms with Crippen molar-refractivity contribution in [1.29, 1.82) is 0 Å². The lowest BCUT2D eigenvalue weighted by molar-refractivity contribution is 1.24. The van der Waals surface area contributed by atoms with Gasteiger partial charge in [-0.25, -0.2) is 9.97 Å². The summed E-state index contributed by atoms with van der Waals surface area (Å²) in [5.74, 6) is 0. The predicted octanol–water partition coefficient (Wildman–Crippen LogP) is -0.346. The van der Waals surface area contributed by atoms with E-state index in [4.69, 9.17) is 5.50 Å². The van der Waals surface area contributed by atoms with Gasteiger partial charge in [0.2, 0.25) is 0 Å². The molecule has 0 fully saturated rings. The monoisotopic (exact) mass is 127 g/mol. The zero-order valence-corrected chi connectivity index (χ0v) is 5.20. The smallest absolute Gasteiger partial charge is 0.162 e. The quantitative estimate of drug-likeness (QED) is 0.525. The van der Waals surface area contributed by atoms with Gasteiger partial charge in [0.05, 0.1) is 0 Å². The van der Waals surface area contributed by atoms with E-state index in [1.54, 1.807) is 18.5 Å². The van der Waals surface area contributed by atoms with Gasteiger partial charge in [0.15, 0.2) is 5.57 Å². The van der Waals surface area contributed by atoms with Crippen LogP contribution in [0.4, 0.5) is 0 Å². The molecule has 0 radical (unpaired) electrons. The van der Waals surface area contributed by atoms with Crippen LogP contribution in [0.2, 0.25) is 0 Å². The molecule has 0 aromatic carbocycles. The Hall–Kier alpha value is -0.530. The second-order valence-corrected chi connectivity index (χ2v) is 1.95. The molecule has 2 N–H and O–H groups in total. The average Bonchev–Trinajstić information content (AvgIpc) is 1.90. The number of rotatable bonds is 1. The molecular formula is C4H6N3P. The maximum atomic E-state index is 5.25. The van der Waals surface area contributed by atoms with Crippen LogP contribution in [0.3, 0.4) is 0 Å². The van der Waals surface area contributed by atoms with Crippen molar-refractivity contribution in [1.82, 2.24) is 9.97 Å². The second kappa shape index (κ2) is 2.70. The zero-order valence-electron chi connectivity index (χ0n) is 4.20. The van der Waals surface area contributed by atoms with E-state index in [1.807, 2.05) is 0 Å². The summed E-state index contributed by atoms with van der Waals surface area (Å²) in [6.45, 7) is 0. The van der Waals surface area contributed by atoms with Gasteiger partial charge in [0, 0.05) is 21.1 Å². The van der Waals surface area contributed by atoms with E-state index in [9.17, 15) is 0 Å². The molecule has 0 spiro atoms. The molecule has 0 aliphatic carbocycles. The second-order valence-electron chi connectivity index (χ2n) is 1.22. The van der Waals surface area contributed by atoms with Gasteiger partial charge in [-0.3, -0.25) is 0 Å². The average molecular weight is 127 g/mol. The molecule has 1 aromatic heterocycles. The van der Waals surface area contributed by atoms with Crippen LogP contribution in [-0.4, -0.2) is 9.97 Å². The van der Waals surface area contributed by atoms with Gasteiger partial charge in [-0.2, -0.15) is 0 Å². The zero-order chi connectivity index (χ0) is 5.82. The highest BCUT2D eigenvalue weighted by molar-refractivity contribution is 7.43. The van der Waals surface area contributed by atoms with Crippen molar-refractivity contribution >= 4 is 14.3 Å². The fraction of sp³-hybridized carbons (Fsp3) is 0. The van der Waals surface area contributed by atoms with Gasteiger partial charge < -0.3 is 5.50 Å². The summed E-state index contributed by atoms with van der Waals surface area (Å²) in [4.78, 5) is 7.75. The van der Waals surface area contributed by atoms with Crippen molar-refractivity contribution in [2.24, 2.45) is 5.50 Å². The SMILES string of the molecule is NPc1ncccn1. The summed E-state index contributed by atoms with van der Waals surface area (Å²) >= 11 is 0. The maximum Gasteiger partial charge on any atom is 0.162 e. The number of nitrogens with two attached hydrogens (primary N) is 1. The molecular weight excluding hydrogens is 121 g/mol. The Morgan fingerprint density at radius 3 is 2.38 bits per heavy atom. The molecule has 4 heteroatoms. The fourth-order valence-corrected chi connectivity index (χ4v) is 0.672. The highest BCUT2D eigenvalue weighted by atomic mass is 31.1. The predicted molar refractivity (Wildman–Crippen MR) is 34.2 cm³/mol. The van der Waals surface area contributed by atoms with E-state index in [-0.39, 0.29) is 8.73 Å². The van der Waals surface area contributed by atoms with E-state index in [0.717, 1.165) is 0 Å². The Labute approximate surface area is 49.2 Å². The molecule has 0 bridgehead atoms. The lowest BCUT2D eigenvalue weighted by Gasteiger charge is -1.87. The largest absolute Gasteiger partial charge is 0.306 e. The van der Waals surface area contributed by atoms with Crippen LogP contribution >= 0.6 is 8.73 Å². The van der Waals surface area contributed by atoms with E-state index < -0.39 is 0 Å². The molecule has 0 amide bonds. The maximum absolute atomic E-state index is 5.25. The molecule has 3 nitrogen and oxygen atoms in total. The number of hydrogen-bond donors (Lipinski definition) is 1. The van der Waals surface area contributed by atoms with Crippen molar-refractivity contribution in [2.75, 3.05) is 0 Å². The molecule has 0 saturated heterocycles. The van der Waals surface area contributed by atoms with Crippen molar-refractivity contribution in [3.8, 4) is 0 Å². The van der Waals surface area contributed by atoms with E-state index in [0.29, 0.717) is 5.57 Å².